The average Bonchev–Trinajstić information content (AvgIpc) is 2.66. The smallest absolute Gasteiger partial charge is 0.406 e. The quantitative estimate of drug-likeness (QED) is 0.801. The number of hydrogen-bond acceptors (Lipinski definition) is 2. The fraction of sp³-hybridized carbons (Fsp3) is 0.444. The molecule has 0 aliphatic heterocycles. The van der Waals surface area contributed by atoms with Crippen molar-refractivity contribution in [2.75, 3.05) is 18.4 Å². The van der Waals surface area contributed by atoms with Gasteiger partial charge < -0.3 is 9.32 Å². The Bertz CT molecular complexity index is 337. The third kappa shape index (κ3) is 3.88. The second-order valence-corrected chi connectivity index (χ2v) is 3.84. The van der Waals surface area contributed by atoms with Gasteiger partial charge in [0.25, 0.3) is 5.91 Å². The Hall–Kier alpha value is -0.980. The lowest BCUT2D eigenvalue weighted by atomic mass is 10.3. The monoisotopic (exact) mass is 299 g/mol. The van der Waals surface area contributed by atoms with Crippen molar-refractivity contribution in [2.24, 2.45) is 0 Å². The molecular formula is C9H9BrF3NO2. The van der Waals surface area contributed by atoms with E-state index in [1.807, 2.05) is 0 Å². The highest BCUT2D eigenvalue weighted by atomic mass is 79.9. The summed E-state index contributed by atoms with van der Waals surface area (Å²) < 4.78 is 41.2. The molecule has 0 aliphatic carbocycles. The number of carbonyl (C=O) groups is 1. The second-order valence-electron chi connectivity index (χ2n) is 3.04. The van der Waals surface area contributed by atoms with Gasteiger partial charge in [-0.25, -0.2) is 0 Å². The van der Waals surface area contributed by atoms with Crippen LogP contribution in [0, 0.1) is 0 Å². The van der Waals surface area contributed by atoms with Gasteiger partial charge in [0.2, 0.25) is 0 Å². The molecule has 90 valence electrons. The van der Waals surface area contributed by atoms with Crippen LogP contribution < -0.4 is 0 Å². The molecule has 0 bridgehead atoms. The van der Waals surface area contributed by atoms with Crippen LogP contribution in [0.25, 0.3) is 0 Å². The zero-order chi connectivity index (χ0) is 12.2. The van der Waals surface area contributed by atoms with E-state index in [1.165, 1.54) is 12.3 Å². The van der Waals surface area contributed by atoms with Crippen LogP contribution in [0.15, 0.2) is 23.0 Å². The van der Waals surface area contributed by atoms with E-state index < -0.39 is 18.6 Å². The molecule has 0 saturated carbocycles. The lowest BCUT2D eigenvalue weighted by molar-refractivity contribution is -0.140. The number of hydrogen-bond donors (Lipinski definition) is 0. The zero-order valence-corrected chi connectivity index (χ0v) is 9.71. The average molecular weight is 300 g/mol. The molecule has 0 aromatic carbocycles. The summed E-state index contributed by atoms with van der Waals surface area (Å²) in [7, 11) is 0. The Morgan fingerprint density at radius 3 is 2.62 bits per heavy atom. The van der Waals surface area contributed by atoms with Gasteiger partial charge in [-0.05, 0) is 6.07 Å². The highest BCUT2D eigenvalue weighted by Crippen LogP contribution is 2.18. The van der Waals surface area contributed by atoms with Crippen LogP contribution in [0.3, 0.4) is 0 Å². The van der Waals surface area contributed by atoms with E-state index >= 15 is 0 Å². The third-order valence-electron chi connectivity index (χ3n) is 1.78. The molecule has 0 aliphatic rings. The third-order valence-corrected chi connectivity index (χ3v) is 2.13. The summed E-state index contributed by atoms with van der Waals surface area (Å²) >= 11 is 3.00. The summed E-state index contributed by atoms with van der Waals surface area (Å²) in [4.78, 5) is 12.3. The predicted octanol–water partition coefficient (Wildman–Crippen LogP) is 2.68. The first kappa shape index (κ1) is 13.1. The number of alkyl halides is 4. The lowest BCUT2D eigenvalue weighted by Gasteiger charge is -2.22. The van der Waals surface area contributed by atoms with Gasteiger partial charge in [-0.3, -0.25) is 4.79 Å². The molecule has 1 rings (SSSR count). The molecule has 1 aromatic heterocycles. The molecule has 0 saturated heterocycles. The van der Waals surface area contributed by atoms with E-state index in [0.717, 1.165) is 11.2 Å². The van der Waals surface area contributed by atoms with E-state index in [2.05, 4.69) is 20.3 Å². The Kier molecular flexibility index (Phi) is 4.40. The normalized spacial score (nSPS) is 11.5. The molecule has 1 amide bonds. The van der Waals surface area contributed by atoms with Gasteiger partial charge in [-0.1, -0.05) is 15.9 Å². The van der Waals surface area contributed by atoms with Gasteiger partial charge in [0.15, 0.2) is 0 Å². The Morgan fingerprint density at radius 2 is 2.19 bits per heavy atom. The molecule has 0 atom stereocenters. The van der Waals surface area contributed by atoms with Crippen molar-refractivity contribution in [3.05, 3.63) is 24.2 Å². The van der Waals surface area contributed by atoms with Crippen molar-refractivity contribution in [3.63, 3.8) is 0 Å². The van der Waals surface area contributed by atoms with Crippen molar-refractivity contribution < 1.29 is 22.4 Å². The number of halogens is 4. The topological polar surface area (TPSA) is 33.5 Å². The maximum atomic E-state index is 12.2. The van der Waals surface area contributed by atoms with Crippen LogP contribution in [0.2, 0.25) is 0 Å². The zero-order valence-electron chi connectivity index (χ0n) is 8.13. The van der Waals surface area contributed by atoms with Gasteiger partial charge >= 0.3 is 6.18 Å². The Balaban J connectivity index is 2.74. The molecule has 0 radical (unpaired) electrons. The molecule has 16 heavy (non-hydrogen) atoms. The standard InChI is InChI=1S/C9H9BrF3NO2/c10-2-3-14(6-9(11,12)13)8(15)7-1-4-16-5-7/h1,4-5H,2-3,6H2. The molecule has 1 aromatic rings. The Morgan fingerprint density at radius 1 is 1.50 bits per heavy atom. The number of furan rings is 1. The number of amides is 1. The second kappa shape index (κ2) is 5.38. The Labute approximate surface area is 98.3 Å². The molecular weight excluding hydrogens is 291 g/mol. The molecule has 0 unspecified atom stereocenters. The SMILES string of the molecule is O=C(c1ccoc1)N(CCBr)CC(F)(F)F. The van der Waals surface area contributed by atoms with Crippen molar-refractivity contribution in [3.8, 4) is 0 Å². The predicted molar refractivity (Wildman–Crippen MR) is 54.5 cm³/mol. The van der Waals surface area contributed by atoms with Crippen molar-refractivity contribution in [1.29, 1.82) is 0 Å². The molecule has 0 spiro atoms. The molecule has 3 nitrogen and oxygen atoms in total. The van der Waals surface area contributed by atoms with Gasteiger partial charge in [0.1, 0.15) is 12.8 Å². The highest BCUT2D eigenvalue weighted by molar-refractivity contribution is 9.09. The molecule has 7 heteroatoms. The minimum atomic E-state index is -4.40. The molecule has 0 fully saturated rings. The van der Waals surface area contributed by atoms with Crippen LogP contribution in [0.4, 0.5) is 13.2 Å². The van der Waals surface area contributed by atoms with Crippen LogP contribution in [-0.4, -0.2) is 35.4 Å². The molecule has 0 N–H and O–H groups in total. The fourth-order valence-corrected chi connectivity index (χ4v) is 1.57. The van der Waals surface area contributed by atoms with E-state index in [9.17, 15) is 18.0 Å². The summed E-state index contributed by atoms with van der Waals surface area (Å²) in [5.41, 5.74) is 0.116. The minimum absolute atomic E-state index is 0.0104. The summed E-state index contributed by atoms with van der Waals surface area (Å²) in [6.45, 7) is -1.27. The van der Waals surface area contributed by atoms with Crippen LogP contribution in [-0.2, 0) is 0 Å². The maximum Gasteiger partial charge on any atom is 0.406 e. The first-order valence-corrected chi connectivity index (χ1v) is 5.50. The van der Waals surface area contributed by atoms with Gasteiger partial charge in [-0.15, -0.1) is 0 Å². The summed E-state index contributed by atoms with van der Waals surface area (Å²) in [5, 5.41) is 0.284. The van der Waals surface area contributed by atoms with E-state index in [1.54, 1.807) is 0 Å². The lowest BCUT2D eigenvalue weighted by Crippen LogP contribution is -2.39. The van der Waals surface area contributed by atoms with Gasteiger partial charge in [0, 0.05) is 11.9 Å². The van der Waals surface area contributed by atoms with E-state index in [4.69, 9.17) is 0 Å². The first-order valence-electron chi connectivity index (χ1n) is 4.38. The fourth-order valence-electron chi connectivity index (χ4n) is 1.14. The highest BCUT2D eigenvalue weighted by Gasteiger charge is 2.33. The van der Waals surface area contributed by atoms with Gasteiger partial charge in [0.05, 0.1) is 11.8 Å². The van der Waals surface area contributed by atoms with Crippen molar-refractivity contribution >= 4 is 21.8 Å². The van der Waals surface area contributed by atoms with Crippen LogP contribution in [0.1, 0.15) is 10.4 Å². The first-order chi connectivity index (χ1) is 7.44. The summed E-state index contributed by atoms with van der Waals surface area (Å²) in [5.74, 6) is -0.689. The number of carbonyl (C=O) groups excluding carboxylic acids is 1. The van der Waals surface area contributed by atoms with Crippen LogP contribution in [0.5, 0.6) is 0 Å². The minimum Gasteiger partial charge on any atom is -0.472 e. The van der Waals surface area contributed by atoms with E-state index in [-0.39, 0.29) is 17.4 Å². The van der Waals surface area contributed by atoms with Crippen LogP contribution >= 0.6 is 15.9 Å². The summed E-state index contributed by atoms with van der Waals surface area (Å²) in [6.07, 6.45) is -2.03. The van der Waals surface area contributed by atoms with Crippen molar-refractivity contribution in [2.45, 2.75) is 6.18 Å². The maximum absolute atomic E-state index is 12.2. The van der Waals surface area contributed by atoms with Crippen molar-refractivity contribution in [1.82, 2.24) is 4.90 Å². The largest absolute Gasteiger partial charge is 0.472 e. The number of rotatable bonds is 4. The van der Waals surface area contributed by atoms with E-state index in [0.29, 0.717) is 0 Å². The number of nitrogens with zero attached hydrogens (tertiary/aromatic N) is 1. The molecule has 1 heterocycles. The summed E-state index contributed by atoms with van der Waals surface area (Å²) in [6, 6.07) is 1.33. The van der Waals surface area contributed by atoms with Gasteiger partial charge in [-0.2, -0.15) is 13.2 Å².